The second-order valence-corrected chi connectivity index (χ2v) is 3.73. The van der Waals surface area contributed by atoms with Crippen LogP contribution in [0.25, 0.3) is 5.70 Å². The first-order valence-electron chi connectivity index (χ1n) is 4.27. The summed E-state index contributed by atoms with van der Waals surface area (Å²) in [5.74, 6) is 0.837. The third kappa shape index (κ3) is 2.88. The van der Waals surface area contributed by atoms with E-state index in [1.165, 1.54) is 11.8 Å². The second kappa shape index (κ2) is 5.44. The highest BCUT2D eigenvalue weighted by Crippen LogP contribution is 2.18. The highest BCUT2D eigenvalue weighted by molar-refractivity contribution is 8.02. The third-order valence-electron chi connectivity index (χ3n) is 1.63. The van der Waals surface area contributed by atoms with Gasteiger partial charge in [0.25, 0.3) is 5.70 Å². The molecule has 0 aliphatic heterocycles. The lowest BCUT2D eigenvalue weighted by Crippen LogP contribution is -1.96. The van der Waals surface area contributed by atoms with Gasteiger partial charge < -0.3 is 0 Å². The molecule has 0 radical (unpaired) electrons. The van der Waals surface area contributed by atoms with E-state index < -0.39 is 0 Å². The molecule has 0 saturated carbocycles. The smallest absolute Gasteiger partial charge is 0.258 e. The normalized spacial score (nSPS) is 11.4. The summed E-state index contributed by atoms with van der Waals surface area (Å²) in [7, 11) is 0. The first-order valence-corrected chi connectivity index (χ1v) is 5.32. The Labute approximate surface area is 87.0 Å². The van der Waals surface area contributed by atoms with Gasteiger partial charge in [0.05, 0.1) is 10.5 Å². The van der Waals surface area contributed by atoms with Gasteiger partial charge in [-0.1, -0.05) is 25.1 Å². The number of nitrogens with zero attached hydrogens (tertiary/aromatic N) is 1. The van der Waals surface area contributed by atoms with E-state index >= 15 is 0 Å². The zero-order chi connectivity index (χ0) is 10.4. The molecule has 0 atom stereocenters. The number of hydrogen-bond donors (Lipinski definition) is 0. The summed E-state index contributed by atoms with van der Waals surface area (Å²) < 4.78 is 0. The number of nitro groups is 1. The highest BCUT2D eigenvalue weighted by atomic mass is 32.2. The Bertz CT molecular complexity index is 335. The van der Waals surface area contributed by atoms with Crippen LogP contribution in [0.15, 0.2) is 35.7 Å². The fourth-order valence-corrected chi connectivity index (χ4v) is 1.53. The molecule has 1 rings (SSSR count). The van der Waals surface area contributed by atoms with Crippen molar-refractivity contribution < 1.29 is 4.92 Å². The van der Waals surface area contributed by atoms with Gasteiger partial charge in [0, 0.05) is 5.41 Å². The van der Waals surface area contributed by atoms with Gasteiger partial charge >= 0.3 is 0 Å². The summed E-state index contributed by atoms with van der Waals surface area (Å²) in [6.45, 7) is 1.96. The monoisotopic (exact) mass is 209 g/mol. The van der Waals surface area contributed by atoms with E-state index in [2.05, 4.69) is 0 Å². The molecule has 14 heavy (non-hydrogen) atoms. The van der Waals surface area contributed by atoms with Crippen LogP contribution in [-0.2, 0) is 0 Å². The second-order valence-electron chi connectivity index (χ2n) is 2.58. The highest BCUT2D eigenvalue weighted by Gasteiger charge is 2.12. The first-order chi connectivity index (χ1) is 6.75. The van der Waals surface area contributed by atoms with Gasteiger partial charge in [0.1, 0.15) is 0 Å². The first kappa shape index (κ1) is 10.8. The maximum Gasteiger partial charge on any atom is 0.282 e. The minimum Gasteiger partial charge on any atom is -0.258 e. The van der Waals surface area contributed by atoms with Crippen molar-refractivity contribution in [3.05, 3.63) is 51.4 Å². The van der Waals surface area contributed by atoms with Gasteiger partial charge in [-0.2, -0.15) is 0 Å². The van der Waals surface area contributed by atoms with Crippen molar-refractivity contribution in [1.82, 2.24) is 0 Å². The number of thioether (sulfide) groups is 1. The van der Waals surface area contributed by atoms with Gasteiger partial charge in [-0.05, 0) is 17.9 Å². The van der Waals surface area contributed by atoms with Crippen LogP contribution >= 0.6 is 11.8 Å². The van der Waals surface area contributed by atoms with E-state index in [1.807, 2.05) is 13.0 Å². The van der Waals surface area contributed by atoms with Gasteiger partial charge in [-0.25, -0.2) is 0 Å². The topological polar surface area (TPSA) is 43.1 Å². The van der Waals surface area contributed by atoms with Crippen molar-refractivity contribution >= 4 is 17.5 Å². The maximum atomic E-state index is 10.7. The molecule has 0 unspecified atom stereocenters. The Morgan fingerprint density at radius 1 is 1.50 bits per heavy atom. The Morgan fingerprint density at radius 3 is 2.64 bits per heavy atom. The van der Waals surface area contributed by atoms with E-state index in [-0.39, 0.29) is 10.6 Å². The Morgan fingerprint density at radius 2 is 2.14 bits per heavy atom. The Hall–Kier alpha value is -1.29. The average molecular weight is 209 g/mol. The minimum atomic E-state index is -0.349. The molecule has 0 amide bonds. The molecular weight excluding hydrogens is 198 g/mol. The van der Waals surface area contributed by atoms with Crippen molar-refractivity contribution in [3.8, 4) is 0 Å². The van der Waals surface area contributed by atoms with Gasteiger partial charge in [0.15, 0.2) is 0 Å². The van der Waals surface area contributed by atoms with Crippen molar-refractivity contribution in [2.75, 3.05) is 5.75 Å². The van der Waals surface area contributed by atoms with Crippen LogP contribution in [0.3, 0.4) is 0 Å². The predicted octanol–water partition coefficient (Wildman–Crippen LogP) is 3.01. The van der Waals surface area contributed by atoms with Crippen LogP contribution in [0, 0.1) is 10.1 Å². The van der Waals surface area contributed by atoms with E-state index in [1.54, 1.807) is 29.7 Å². The van der Waals surface area contributed by atoms with Gasteiger partial charge in [0.2, 0.25) is 0 Å². The van der Waals surface area contributed by atoms with E-state index in [0.29, 0.717) is 5.56 Å². The SMILES string of the molecule is CCSC=C(c1ccccc1)[N+](=O)[O-]. The van der Waals surface area contributed by atoms with Crippen LogP contribution in [0.4, 0.5) is 0 Å². The fourth-order valence-electron chi connectivity index (χ4n) is 0.988. The van der Waals surface area contributed by atoms with Crippen LogP contribution < -0.4 is 0 Å². The summed E-state index contributed by atoms with van der Waals surface area (Å²) in [5, 5.41) is 12.3. The summed E-state index contributed by atoms with van der Waals surface area (Å²) >= 11 is 1.44. The average Bonchev–Trinajstić information content (AvgIpc) is 2.19. The molecule has 0 aliphatic carbocycles. The lowest BCUT2D eigenvalue weighted by atomic mass is 10.2. The zero-order valence-electron chi connectivity index (χ0n) is 7.84. The molecule has 4 heteroatoms. The molecule has 0 heterocycles. The molecule has 0 bridgehead atoms. The molecule has 0 saturated heterocycles. The van der Waals surface area contributed by atoms with Gasteiger partial charge in [-0.3, -0.25) is 10.1 Å². The molecule has 0 spiro atoms. The van der Waals surface area contributed by atoms with Crippen LogP contribution in [0.5, 0.6) is 0 Å². The van der Waals surface area contributed by atoms with E-state index in [9.17, 15) is 10.1 Å². The lowest BCUT2D eigenvalue weighted by molar-refractivity contribution is -0.375. The van der Waals surface area contributed by atoms with Crippen LogP contribution in [-0.4, -0.2) is 10.7 Å². The molecule has 0 aliphatic rings. The van der Waals surface area contributed by atoms with Crippen molar-refractivity contribution in [3.63, 3.8) is 0 Å². The molecule has 3 nitrogen and oxygen atoms in total. The van der Waals surface area contributed by atoms with Crippen LogP contribution in [0.1, 0.15) is 12.5 Å². The fraction of sp³-hybridized carbons (Fsp3) is 0.200. The summed E-state index contributed by atoms with van der Waals surface area (Å²) in [6.07, 6.45) is 0. The molecule has 0 aromatic heterocycles. The minimum absolute atomic E-state index is 0.164. The molecular formula is C10H11NO2S. The molecule has 1 aromatic rings. The van der Waals surface area contributed by atoms with Crippen molar-refractivity contribution in [2.24, 2.45) is 0 Å². The zero-order valence-corrected chi connectivity index (χ0v) is 8.66. The molecule has 0 fully saturated rings. The number of rotatable bonds is 4. The molecule has 74 valence electrons. The quantitative estimate of drug-likeness (QED) is 0.565. The largest absolute Gasteiger partial charge is 0.282 e. The van der Waals surface area contributed by atoms with E-state index in [4.69, 9.17) is 0 Å². The number of benzene rings is 1. The third-order valence-corrected chi connectivity index (χ3v) is 2.35. The Kier molecular flexibility index (Phi) is 4.19. The van der Waals surface area contributed by atoms with Crippen molar-refractivity contribution in [1.29, 1.82) is 0 Å². The summed E-state index contributed by atoms with van der Waals surface area (Å²) in [4.78, 5) is 10.4. The Balaban J connectivity index is 2.95. The van der Waals surface area contributed by atoms with E-state index in [0.717, 1.165) is 5.75 Å². The van der Waals surface area contributed by atoms with Crippen LogP contribution in [0.2, 0.25) is 0 Å². The summed E-state index contributed by atoms with van der Waals surface area (Å²) in [5.41, 5.74) is 0.816. The molecule has 0 N–H and O–H groups in total. The predicted molar refractivity (Wildman–Crippen MR) is 59.5 cm³/mol. The van der Waals surface area contributed by atoms with Gasteiger partial charge in [-0.15, -0.1) is 11.8 Å². The maximum absolute atomic E-state index is 10.7. The standard InChI is InChI=1S/C10H11NO2S/c1-2-14-8-10(11(12)13)9-6-4-3-5-7-9/h3-8H,2H2,1H3. The number of hydrogen-bond acceptors (Lipinski definition) is 3. The van der Waals surface area contributed by atoms with Crippen molar-refractivity contribution in [2.45, 2.75) is 6.92 Å². The summed E-state index contributed by atoms with van der Waals surface area (Å²) in [6, 6.07) is 8.91. The lowest BCUT2D eigenvalue weighted by Gasteiger charge is -1.97. The molecule has 1 aromatic carbocycles.